The summed E-state index contributed by atoms with van der Waals surface area (Å²) in [5.41, 5.74) is 0.907. The van der Waals surface area contributed by atoms with E-state index in [9.17, 15) is 4.79 Å². The second-order valence-corrected chi connectivity index (χ2v) is 5.34. The molecule has 6 heteroatoms. The number of para-hydroxylation sites is 1. The van der Waals surface area contributed by atoms with Crippen LogP contribution in [0.25, 0.3) is 0 Å². The van der Waals surface area contributed by atoms with E-state index < -0.39 is 0 Å². The molecule has 1 amide bonds. The lowest BCUT2D eigenvalue weighted by atomic mass is 10.1. The monoisotopic (exact) mass is 301 g/mol. The van der Waals surface area contributed by atoms with Crippen molar-refractivity contribution in [3.05, 3.63) is 42.0 Å². The lowest BCUT2D eigenvalue weighted by molar-refractivity contribution is -0.117. The topological polar surface area (TPSA) is 68.5 Å². The van der Waals surface area contributed by atoms with E-state index in [4.69, 9.17) is 9.26 Å². The van der Waals surface area contributed by atoms with Gasteiger partial charge < -0.3 is 14.2 Å². The molecule has 2 heterocycles. The van der Waals surface area contributed by atoms with E-state index in [1.807, 2.05) is 37.3 Å². The third-order valence-corrected chi connectivity index (χ3v) is 3.62. The van der Waals surface area contributed by atoms with Crippen molar-refractivity contribution in [2.24, 2.45) is 0 Å². The summed E-state index contributed by atoms with van der Waals surface area (Å²) in [4.78, 5) is 18.3. The number of aromatic nitrogens is 2. The minimum Gasteiger partial charge on any atom is -0.372 e. The fourth-order valence-electron chi connectivity index (χ4n) is 2.53. The van der Waals surface area contributed by atoms with Crippen LogP contribution in [-0.4, -0.2) is 29.2 Å². The summed E-state index contributed by atoms with van der Waals surface area (Å²) < 4.78 is 10.6. The minimum absolute atomic E-state index is 0.0311. The van der Waals surface area contributed by atoms with Gasteiger partial charge in [0.2, 0.25) is 5.91 Å². The van der Waals surface area contributed by atoms with Gasteiger partial charge >= 0.3 is 0 Å². The van der Waals surface area contributed by atoms with Crippen LogP contribution in [0, 0.1) is 0 Å². The van der Waals surface area contributed by atoms with Crippen molar-refractivity contribution in [2.75, 3.05) is 18.1 Å². The predicted octanol–water partition coefficient (Wildman–Crippen LogP) is 2.52. The van der Waals surface area contributed by atoms with Crippen molar-refractivity contribution < 1.29 is 14.1 Å². The van der Waals surface area contributed by atoms with E-state index >= 15 is 0 Å². The van der Waals surface area contributed by atoms with E-state index in [-0.39, 0.29) is 11.8 Å². The Morgan fingerprint density at radius 3 is 2.95 bits per heavy atom. The highest BCUT2D eigenvalue weighted by atomic mass is 16.5. The van der Waals surface area contributed by atoms with Gasteiger partial charge in [-0.05, 0) is 18.6 Å². The van der Waals surface area contributed by atoms with Crippen LogP contribution in [-0.2, 0) is 16.1 Å². The fraction of sp³-hybridized carbons (Fsp3) is 0.438. The second-order valence-electron chi connectivity index (χ2n) is 5.34. The number of hydrogen-bond acceptors (Lipinski definition) is 5. The molecule has 1 atom stereocenters. The molecule has 0 radical (unpaired) electrons. The summed E-state index contributed by atoms with van der Waals surface area (Å²) in [7, 11) is 0. The molecule has 1 aromatic carbocycles. The predicted molar refractivity (Wildman–Crippen MR) is 80.4 cm³/mol. The first-order chi connectivity index (χ1) is 10.8. The summed E-state index contributed by atoms with van der Waals surface area (Å²) in [5, 5.41) is 3.99. The molecule has 0 unspecified atom stereocenters. The molecular formula is C16H19N3O3. The highest BCUT2D eigenvalue weighted by Gasteiger charge is 2.34. The standard InChI is InChI=1S/C16H19N3O3/c1-2-8-21-11-14-17-16(18-22-14)12-9-15(20)19(10-12)13-6-4-3-5-7-13/h3-7,12H,2,8-11H2,1H3/t12-/m0/s1. The molecule has 0 aliphatic carbocycles. The summed E-state index contributed by atoms with van der Waals surface area (Å²) in [6, 6.07) is 9.64. The molecule has 0 spiro atoms. The van der Waals surface area contributed by atoms with Crippen molar-refractivity contribution in [1.29, 1.82) is 0 Å². The van der Waals surface area contributed by atoms with Gasteiger partial charge in [-0.1, -0.05) is 30.3 Å². The van der Waals surface area contributed by atoms with Crippen LogP contribution >= 0.6 is 0 Å². The number of rotatable bonds is 6. The number of nitrogens with zero attached hydrogens (tertiary/aromatic N) is 3. The van der Waals surface area contributed by atoms with E-state index in [2.05, 4.69) is 10.1 Å². The van der Waals surface area contributed by atoms with Gasteiger partial charge in [0.05, 0.1) is 0 Å². The molecule has 1 aliphatic heterocycles. The molecule has 1 fully saturated rings. The van der Waals surface area contributed by atoms with E-state index in [1.54, 1.807) is 4.90 Å². The first kappa shape index (κ1) is 14.7. The van der Waals surface area contributed by atoms with Crippen LogP contribution in [0.1, 0.15) is 37.4 Å². The molecule has 0 saturated carbocycles. The van der Waals surface area contributed by atoms with Crippen LogP contribution in [0.15, 0.2) is 34.9 Å². The maximum Gasteiger partial charge on any atom is 0.252 e. The van der Waals surface area contributed by atoms with Crippen LogP contribution in [0.4, 0.5) is 5.69 Å². The summed E-state index contributed by atoms with van der Waals surface area (Å²) in [5.74, 6) is 1.11. The van der Waals surface area contributed by atoms with Crippen molar-refractivity contribution >= 4 is 11.6 Å². The number of ether oxygens (including phenoxy) is 1. The molecule has 116 valence electrons. The molecule has 0 bridgehead atoms. The lowest BCUT2D eigenvalue weighted by Gasteiger charge is -2.15. The Balaban J connectivity index is 1.66. The smallest absolute Gasteiger partial charge is 0.252 e. The van der Waals surface area contributed by atoms with Crippen molar-refractivity contribution in [2.45, 2.75) is 32.3 Å². The number of carbonyl (C=O) groups is 1. The molecule has 0 N–H and O–H groups in total. The Morgan fingerprint density at radius 2 is 2.18 bits per heavy atom. The lowest BCUT2D eigenvalue weighted by Crippen LogP contribution is -2.24. The van der Waals surface area contributed by atoms with Crippen LogP contribution in [0.5, 0.6) is 0 Å². The Morgan fingerprint density at radius 1 is 1.36 bits per heavy atom. The summed E-state index contributed by atoms with van der Waals surface area (Å²) >= 11 is 0. The maximum atomic E-state index is 12.2. The molecule has 1 aliphatic rings. The number of benzene rings is 1. The number of amides is 1. The highest BCUT2D eigenvalue weighted by molar-refractivity contribution is 5.96. The van der Waals surface area contributed by atoms with Crippen molar-refractivity contribution in [1.82, 2.24) is 10.1 Å². The Labute approximate surface area is 129 Å². The van der Waals surface area contributed by atoms with Gasteiger partial charge in [-0.25, -0.2) is 0 Å². The van der Waals surface area contributed by atoms with E-state index in [1.165, 1.54) is 0 Å². The third-order valence-electron chi connectivity index (χ3n) is 3.62. The largest absolute Gasteiger partial charge is 0.372 e. The molecule has 1 aromatic heterocycles. The highest BCUT2D eigenvalue weighted by Crippen LogP contribution is 2.30. The Bertz CT molecular complexity index is 627. The van der Waals surface area contributed by atoms with Crippen LogP contribution < -0.4 is 4.90 Å². The first-order valence-corrected chi connectivity index (χ1v) is 7.53. The molecule has 2 aromatic rings. The molecule has 6 nitrogen and oxygen atoms in total. The van der Waals surface area contributed by atoms with Crippen LogP contribution in [0.2, 0.25) is 0 Å². The number of hydrogen-bond donors (Lipinski definition) is 0. The summed E-state index contributed by atoms with van der Waals surface area (Å²) in [6.07, 6.45) is 1.36. The van der Waals surface area contributed by atoms with Crippen molar-refractivity contribution in [3.8, 4) is 0 Å². The average Bonchev–Trinajstić information content (AvgIpc) is 3.15. The van der Waals surface area contributed by atoms with E-state index in [0.717, 1.165) is 12.1 Å². The zero-order chi connectivity index (χ0) is 15.4. The maximum absolute atomic E-state index is 12.2. The van der Waals surface area contributed by atoms with Crippen LogP contribution in [0.3, 0.4) is 0 Å². The Kier molecular flexibility index (Phi) is 4.48. The second kappa shape index (κ2) is 6.70. The SMILES string of the molecule is CCCOCc1nc([C@H]2CC(=O)N(c3ccccc3)C2)no1. The fourth-order valence-corrected chi connectivity index (χ4v) is 2.53. The molecule has 1 saturated heterocycles. The van der Waals surface area contributed by atoms with Gasteiger partial charge in [-0.3, -0.25) is 4.79 Å². The average molecular weight is 301 g/mol. The zero-order valence-electron chi connectivity index (χ0n) is 12.6. The Hall–Kier alpha value is -2.21. The third kappa shape index (κ3) is 3.17. The van der Waals surface area contributed by atoms with Crippen molar-refractivity contribution in [3.63, 3.8) is 0 Å². The van der Waals surface area contributed by atoms with Gasteiger partial charge in [-0.2, -0.15) is 4.98 Å². The van der Waals surface area contributed by atoms with Gasteiger partial charge in [0.1, 0.15) is 6.61 Å². The normalized spacial score (nSPS) is 18.1. The number of carbonyl (C=O) groups excluding carboxylic acids is 1. The van der Waals surface area contributed by atoms with E-state index in [0.29, 0.717) is 37.9 Å². The van der Waals surface area contributed by atoms with Gasteiger partial charge in [0, 0.05) is 31.2 Å². The first-order valence-electron chi connectivity index (χ1n) is 7.53. The summed E-state index contributed by atoms with van der Waals surface area (Å²) in [6.45, 7) is 3.62. The minimum atomic E-state index is -0.0311. The van der Waals surface area contributed by atoms with Gasteiger partial charge in [-0.15, -0.1) is 0 Å². The molecular weight excluding hydrogens is 282 g/mol. The van der Waals surface area contributed by atoms with Gasteiger partial charge in [0.15, 0.2) is 5.82 Å². The van der Waals surface area contributed by atoms with Gasteiger partial charge in [0.25, 0.3) is 5.89 Å². The zero-order valence-corrected chi connectivity index (χ0v) is 12.6. The molecule has 22 heavy (non-hydrogen) atoms. The number of anilines is 1. The molecule has 3 rings (SSSR count). The quantitative estimate of drug-likeness (QED) is 0.767.